The molecule has 0 aromatic carbocycles. The minimum atomic E-state index is -3.31. The van der Waals surface area contributed by atoms with Crippen LogP contribution in [0.2, 0.25) is 0 Å². The van der Waals surface area contributed by atoms with E-state index in [0.29, 0.717) is 5.92 Å². The summed E-state index contributed by atoms with van der Waals surface area (Å²) in [5.41, 5.74) is 0. The van der Waals surface area contributed by atoms with E-state index in [9.17, 15) is 13.2 Å². The highest BCUT2D eigenvalue weighted by Gasteiger charge is 2.22. The number of rotatable bonds is 5. The van der Waals surface area contributed by atoms with Crippen LogP contribution in [-0.4, -0.2) is 27.1 Å². The summed E-state index contributed by atoms with van der Waals surface area (Å²) in [7, 11) is -3.31. The smallest absolute Gasteiger partial charge is 0.267 e. The van der Waals surface area contributed by atoms with Crippen LogP contribution >= 0.6 is 0 Å². The summed E-state index contributed by atoms with van der Waals surface area (Å²) in [6, 6.07) is 0. The van der Waals surface area contributed by atoms with Gasteiger partial charge in [0.25, 0.3) is 10.1 Å². The van der Waals surface area contributed by atoms with E-state index < -0.39 is 10.1 Å². The Morgan fingerprint density at radius 2 is 1.87 bits per heavy atom. The van der Waals surface area contributed by atoms with Gasteiger partial charge in [0, 0.05) is 5.92 Å². The predicted molar refractivity (Wildman–Crippen MR) is 56.9 cm³/mol. The van der Waals surface area contributed by atoms with Crippen molar-refractivity contribution < 1.29 is 17.4 Å². The fraction of sp³-hybridized carbons (Fsp3) is 0.900. The molecule has 0 saturated heterocycles. The summed E-state index contributed by atoms with van der Waals surface area (Å²) in [6.45, 7) is 1.85. The quantitative estimate of drug-likeness (QED) is 0.532. The van der Waals surface area contributed by atoms with Gasteiger partial charge in [0.15, 0.2) is 0 Å². The zero-order chi connectivity index (χ0) is 11.3. The molecule has 1 fully saturated rings. The molecule has 0 radical (unpaired) electrons. The monoisotopic (exact) mass is 234 g/mol. The minimum Gasteiger partial charge on any atom is -0.303 e. The van der Waals surface area contributed by atoms with Gasteiger partial charge in [-0.15, -0.1) is 0 Å². The molecule has 0 N–H and O–H groups in total. The van der Waals surface area contributed by atoms with Crippen LogP contribution in [0.4, 0.5) is 0 Å². The van der Waals surface area contributed by atoms with Crippen molar-refractivity contribution in [1.82, 2.24) is 0 Å². The van der Waals surface area contributed by atoms with Gasteiger partial charge in [-0.2, -0.15) is 8.42 Å². The molecule has 0 aliphatic heterocycles. The lowest BCUT2D eigenvalue weighted by atomic mass is 9.83. The lowest BCUT2D eigenvalue weighted by molar-refractivity contribution is -0.112. The van der Waals surface area contributed by atoms with E-state index in [2.05, 4.69) is 0 Å². The summed E-state index contributed by atoms with van der Waals surface area (Å²) >= 11 is 0. The zero-order valence-corrected chi connectivity index (χ0v) is 9.83. The maximum atomic E-state index is 11.1. The van der Waals surface area contributed by atoms with Crippen LogP contribution in [-0.2, 0) is 19.1 Å². The summed E-state index contributed by atoms with van der Waals surface area (Å²) < 4.78 is 27.0. The Kier molecular flexibility index (Phi) is 4.73. The van der Waals surface area contributed by atoms with Crippen LogP contribution in [0, 0.1) is 11.8 Å². The van der Waals surface area contributed by atoms with Gasteiger partial charge in [-0.25, -0.2) is 0 Å². The van der Waals surface area contributed by atoms with E-state index in [1.54, 1.807) is 6.92 Å². The van der Waals surface area contributed by atoms with Gasteiger partial charge in [0.05, 0.1) is 12.4 Å². The average Bonchev–Trinajstić information content (AvgIpc) is 2.27. The topological polar surface area (TPSA) is 60.4 Å². The van der Waals surface area contributed by atoms with Gasteiger partial charge in [0.1, 0.15) is 6.29 Å². The highest BCUT2D eigenvalue weighted by molar-refractivity contribution is 7.86. The van der Waals surface area contributed by atoms with Crippen molar-refractivity contribution in [3.63, 3.8) is 0 Å². The Morgan fingerprint density at radius 1 is 1.27 bits per heavy atom. The van der Waals surface area contributed by atoms with Gasteiger partial charge in [-0.3, -0.25) is 4.18 Å². The summed E-state index contributed by atoms with van der Waals surface area (Å²) in [6.07, 6.45) is 4.51. The first kappa shape index (κ1) is 12.6. The Morgan fingerprint density at radius 3 is 2.33 bits per heavy atom. The zero-order valence-electron chi connectivity index (χ0n) is 9.02. The third kappa shape index (κ3) is 4.30. The lowest BCUT2D eigenvalue weighted by Crippen LogP contribution is -2.21. The van der Waals surface area contributed by atoms with E-state index >= 15 is 0 Å². The fourth-order valence-electron chi connectivity index (χ4n) is 1.77. The maximum absolute atomic E-state index is 11.1. The second kappa shape index (κ2) is 5.61. The van der Waals surface area contributed by atoms with Crippen molar-refractivity contribution in [2.24, 2.45) is 11.8 Å². The average molecular weight is 234 g/mol. The van der Waals surface area contributed by atoms with Crippen molar-refractivity contribution in [2.45, 2.75) is 32.6 Å². The second-order valence-corrected chi connectivity index (χ2v) is 5.98. The number of aldehydes is 1. The Hall–Kier alpha value is -0.420. The summed E-state index contributed by atoms with van der Waals surface area (Å²) in [5, 5.41) is 0. The number of carbonyl (C=O) groups is 1. The van der Waals surface area contributed by atoms with E-state index in [1.165, 1.54) is 0 Å². The third-order valence-electron chi connectivity index (χ3n) is 2.92. The molecule has 0 aromatic rings. The van der Waals surface area contributed by atoms with Crippen molar-refractivity contribution in [2.75, 3.05) is 12.4 Å². The Balaban J connectivity index is 2.27. The van der Waals surface area contributed by atoms with Crippen molar-refractivity contribution in [3.05, 3.63) is 0 Å². The number of hydrogen-bond acceptors (Lipinski definition) is 4. The van der Waals surface area contributed by atoms with Gasteiger partial charge < -0.3 is 4.79 Å². The van der Waals surface area contributed by atoms with Crippen molar-refractivity contribution in [3.8, 4) is 0 Å². The van der Waals surface area contributed by atoms with Crippen LogP contribution in [0.15, 0.2) is 0 Å². The Bertz CT molecular complexity index is 289. The first-order chi connectivity index (χ1) is 7.07. The van der Waals surface area contributed by atoms with E-state index in [-0.39, 0.29) is 18.3 Å². The van der Waals surface area contributed by atoms with Crippen LogP contribution in [0.25, 0.3) is 0 Å². The first-order valence-electron chi connectivity index (χ1n) is 5.39. The molecule has 88 valence electrons. The van der Waals surface area contributed by atoms with Gasteiger partial charge in [0.2, 0.25) is 0 Å². The molecule has 1 aliphatic rings. The van der Waals surface area contributed by atoms with E-state index in [1.807, 2.05) is 0 Å². The molecule has 1 saturated carbocycles. The van der Waals surface area contributed by atoms with Crippen molar-refractivity contribution >= 4 is 16.4 Å². The number of carbonyl (C=O) groups excluding carboxylic acids is 1. The summed E-state index contributed by atoms with van der Waals surface area (Å²) in [5.74, 6) is 0.489. The first-order valence-corrected chi connectivity index (χ1v) is 6.97. The molecule has 4 nitrogen and oxygen atoms in total. The molecular formula is C10H18O4S. The van der Waals surface area contributed by atoms with Crippen molar-refractivity contribution in [1.29, 1.82) is 0 Å². The lowest BCUT2D eigenvalue weighted by Gasteiger charge is -2.24. The predicted octanol–water partition coefficient (Wildman–Crippen LogP) is 1.36. The molecular weight excluding hydrogens is 216 g/mol. The third-order valence-corrected chi connectivity index (χ3v) is 4.12. The molecule has 1 rings (SSSR count). The van der Waals surface area contributed by atoms with E-state index in [0.717, 1.165) is 32.0 Å². The molecule has 0 amide bonds. The molecule has 1 aliphatic carbocycles. The van der Waals surface area contributed by atoms with Gasteiger partial charge >= 0.3 is 0 Å². The van der Waals surface area contributed by atoms with Crippen LogP contribution in [0.3, 0.4) is 0 Å². The molecule has 0 heterocycles. The molecule has 0 aromatic heterocycles. The highest BCUT2D eigenvalue weighted by Crippen LogP contribution is 2.27. The molecule has 0 unspecified atom stereocenters. The highest BCUT2D eigenvalue weighted by atomic mass is 32.2. The molecule has 15 heavy (non-hydrogen) atoms. The SMILES string of the molecule is CCS(=O)(=O)OCC1CCC(C=O)CC1. The number of hydrogen-bond donors (Lipinski definition) is 0. The van der Waals surface area contributed by atoms with Crippen LogP contribution < -0.4 is 0 Å². The van der Waals surface area contributed by atoms with Gasteiger partial charge in [-0.05, 0) is 38.5 Å². The standard InChI is InChI=1S/C10H18O4S/c1-2-15(12,13)14-8-10-5-3-9(7-11)4-6-10/h7,9-10H,2-6,8H2,1H3. The molecule has 5 heteroatoms. The van der Waals surface area contributed by atoms with E-state index in [4.69, 9.17) is 4.18 Å². The largest absolute Gasteiger partial charge is 0.303 e. The molecule has 0 bridgehead atoms. The fourth-order valence-corrected chi connectivity index (χ4v) is 2.34. The molecule has 0 atom stereocenters. The summed E-state index contributed by atoms with van der Waals surface area (Å²) in [4.78, 5) is 10.5. The molecule has 0 spiro atoms. The normalized spacial score (nSPS) is 27.5. The second-order valence-electron chi connectivity index (χ2n) is 4.05. The van der Waals surface area contributed by atoms with Crippen LogP contribution in [0.5, 0.6) is 0 Å². The maximum Gasteiger partial charge on any atom is 0.267 e. The van der Waals surface area contributed by atoms with Crippen LogP contribution in [0.1, 0.15) is 32.6 Å². The van der Waals surface area contributed by atoms with Gasteiger partial charge in [-0.1, -0.05) is 0 Å². The Labute approximate surface area is 91.1 Å². The minimum absolute atomic E-state index is 0.0245.